The Hall–Kier alpha value is -0.360. The van der Waals surface area contributed by atoms with Gasteiger partial charge in [0.05, 0.1) is 19.3 Å². The number of hydrogen-bond acceptors (Lipinski definition) is 5. The van der Waals surface area contributed by atoms with Gasteiger partial charge in [-0.3, -0.25) is 9.89 Å². The summed E-state index contributed by atoms with van der Waals surface area (Å²) >= 11 is 6.45. The van der Waals surface area contributed by atoms with Crippen LogP contribution in [0, 0.1) is 11.8 Å². The molecule has 1 saturated heterocycles. The third-order valence-corrected chi connectivity index (χ3v) is 7.24. The lowest BCUT2D eigenvalue weighted by molar-refractivity contribution is -0.0823. The van der Waals surface area contributed by atoms with Crippen molar-refractivity contribution >= 4 is 17.4 Å². The van der Waals surface area contributed by atoms with E-state index in [1.54, 1.807) is 0 Å². The lowest BCUT2D eigenvalue weighted by atomic mass is 9.64. The third kappa shape index (κ3) is 2.77. The molecule has 2 aliphatic carbocycles. The van der Waals surface area contributed by atoms with Crippen molar-refractivity contribution in [3.63, 3.8) is 0 Å². The van der Waals surface area contributed by atoms with Crippen LogP contribution in [-0.2, 0) is 4.74 Å². The van der Waals surface area contributed by atoms with E-state index < -0.39 is 5.60 Å². The number of nitrogens with zero attached hydrogens (tertiary/aromatic N) is 2. The maximum absolute atomic E-state index is 11.8. The highest BCUT2D eigenvalue weighted by molar-refractivity contribution is 6.20. The molecule has 0 radical (unpaired) electrons. The van der Waals surface area contributed by atoms with Crippen LogP contribution < -0.4 is 5.73 Å². The monoisotopic (exact) mass is 355 g/mol. The summed E-state index contributed by atoms with van der Waals surface area (Å²) in [6, 6.07) is 0.549. The Morgan fingerprint density at radius 3 is 2.67 bits per heavy atom. The number of morpholine rings is 1. The molecule has 2 saturated carbocycles. The zero-order valence-corrected chi connectivity index (χ0v) is 15.1. The fraction of sp³-hybridized carbons (Fsp3) is 0.944. The van der Waals surface area contributed by atoms with Crippen LogP contribution in [0.3, 0.4) is 0 Å². The molecule has 0 aromatic carbocycles. The summed E-state index contributed by atoms with van der Waals surface area (Å²) in [5.74, 6) is 0.749. The maximum Gasteiger partial charge on any atom is 0.130 e. The van der Waals surface area contributed by atoms with Crippen molar-refractivity contribution in [3.8, 4) is 0 Å². The zero-order valence-electron chi connectivity index (χ0n) is 14.4. The summed E-state index contributed by atoms with van der Waals surface area (Å²) in [5, 5.41) is 12.0. The molecule has 5 nitrogen and oxygen atoms in total. The number of hydrogen-bond donors (Lipinski definition) is 2. The van der Waals surface area contributed by atoms with Gasteiger partial charge < -0.3 is 15.6 Å². The molecular formula is C18H30ClN3O2. The van der Waals surface area contributed by atoms with Gasteiger partial charge in [-0.2, -0.15) is 0 Å². The predicted molar refractivity (Wildman–Crippen MR) is 95.5 cm³/mol. The second-order valence-corrected chi connectivity index (χ2v) is 8.65. The normalized spacial score (nSPS) is 47.2. The van der Waals surface area contributed by atoms with Crippen LogP contribution in [0.1, 0.15) is 44.9 Å². The molecule has 0 aromatic rings. The quantitative estimate of drug-likeness (QED) is 0.740. The van der Waals surface area contributed by atoms with Gasteiger partial charge in [0.2, 0.25) is 0 Å². The van der Waals surface area contributed by atoms with Crippen LogP contribution in [0.5, 0.6) is 0 Å². The van der Waals surface area contributed by atoms with E-state index in [0.717, 1.165) is 58.4 Å². The Morgan fingerprint density at radius 1 is 1.12 bits per heavy atom. The molecule has 136 valence electrons. The summed E-state index contributed by atoms with van der Waals surface area (Å²) in [6.07, 6.45) is 7.34. The number of alkyl halides is 1. The van der Waals surface area contributed by atoms with E-state index in [0.29, 0.717) is 11.9 Å². The van der Waals surface area contributed by atoms with Gasteiger partial charge >= 0.3 is 0 Å². The van der Waals surface area contributed by atoms with Gasteiger partial charge in [0.1, 0.15) is 11.4 Å². The minimum absolute atomic E-state index is 0.0976. The first-order valence-corrected chi connectivity index (χ1v) is 10.1. The standard InChI is InChI=1S/C18H30ClN3O2/c19-12-5-6-15-14(11-12)18(23,17(20)21-15)13-3-1-2-4-16(13)22-7-9-24-10-8-22/h12-16,23H,1-11H2,(H2,20,21). The molecule has 6 atom stereocenters. The summed E-state index contributed by atoms with van der Waals surface area (Å²) < 4.78 is 5.53. The second-order valence-electron chi connectivity index (χ2n) is 8.03. The Bertz CT molecular complexity index is 497. The number of fused-ring (bicyclic) bond motifs is 1. The van der Waals surface area contributed by atoms with E-state index in [1.807, 2.05) is 0 Å². The summed E-state index contributed by atoms with van der Waals surface area (Å²) in [5.41, 5.74) is 5.38. The Morgan fingerprint density at radius 2 is 1.88 bits per heavy atom. The van der Waals surface area contributed by atoms with Gasteiger partial charge in [-0.1, -0.05) is 12.8 Å². The molecular weight excluding hydrogens is 326 g/mol. The number of ether oxygens (including phenoxy) is 1. The van der Waals surface area contributed by atoms with Gasteiger partial charge in [-0.25, -0.2) is 0 Å². The largest absolute Gasteiger partial charge is 0.385 e. The lowest BCUT2D eigenvalue weighted by Crippen LogP contribution is -2.62. The number of halogens is 1. The van der Waals surface area contributed by atoms with Crippen molar-refractivity contribution in [1.82, 2.24) is 4.90 Å². The van der Waals surface area contributed by atoms with E-state index in [1.165, 1.54) is 12.8 Å². The van der Waals surface area contributed by atoms with Crippen molar-refractivity contribution < 1.29 is 9.84 Å². The van der Waals surface area contributed by atoms with Crippen LogP contribution in [0.4, 0.5) is 0 Å². The van der Waals surface area contributed by atoms with Crippen molar-refractivity contribution in [2.45, 2.75) is 68.0 Å². The SMILES string of the molecule is NC1=NC2CCC(Cl)CC2C1(O)C1CCCCC1N1CCOCC1. The van der Waals surface area contributed by atoms with E-state index in [4.69, 9.17) is 27.1 Å². The minimum Gasteiger partial charge on any atom is -0.385 e. The second kappa shape index (κ2) is 6.75. The molecule has 24 heavy (non-hydrogen) atoms. The Balaban J connectivity index is 1.62. The summed E-state index contributed by atoms with van der Waals surface area (Å²) in [7, 11) is 0. The van der Waals surface area contributed by atoms with Gasteiger partial charge in [0.25, 0.3) is 0 Å². The summed E-state index contributed by atoms with van der Waals surface area (Å²) in [6.45, 7) is 3.50. The molecule has 2 aliphatic heterocycles. The van der Waals surface area contributed by atoms with Crippen LogP contribution in [-0.4, -0.2) is 65.2 Å². The number of aliphatic imine (C=N–C) groups is 1. The highest BCUT2D eigenvalue weighted by Gasteiger charge is 2.58. The molecule has 0 spiro atoms. The van der Waals surface area contributed by atoms with Crippen molar-refractivity contribution in [2.24, 2.45) is 22.6 Å². The molecule has 4 rings (SSSR count). The lowest BCUT2D eigenvalue weighted by Gasteiger charge is -2.50. The average molecular weight is 356 g/mol. The first-order chi connectivity index (χ1) is 11.6. The maximum atomic E-state index is 11.8. The Kier molecular flexibility index (Phi) is 4.80. The average Bonchev–Trinajstić information content (AvgIpc) is 2.87. The Labute approximate surface area is 149 Å². The van der Waals surface area contributed by atoms with E-state index in [-0.39, 0.29) is 23.3 Å². The van der Waals surface area contributed by atoms with E-state index in [9.17, 15) is 5.11 Å². The highest BCUT2D eigenvalue weighted by Crippen LogP contribution is 2.49. The molecule has 3 fully saturated rings. The summed E-state index contributed by atoms with van der Waals surface area (Å²) in [4.78, 5) is 7.22. The number of rotatable bonds is 2. The van der Waals surface area contributed by atoms with Crippen LogP contribution >= 0.6 is 11.6 Å². The molecule has 0 amide bonds. The van der Waals surface area contributed by atoms with Crippen molar-refractivity contribution in [1.29, 1.82) is 0 Å². The molecule has 0 aromatic heterocycles. The third-order valence-electron chi connectivity index (χ3n) is 6.84. The van der Waals surface area contributed by atoms with Gasteiger partial charge in [-0.05, 0) is 32.1 Å². The van der Waals surface area contributed by atoms with Crippen molar-refractivity contribution in [3.05, 3.63) is 0 Å². The van der Waals surface area contributed by atoms with Gasteiger partial charge in [0, 0.05) is 36.3 Å². The molecule has 3 N–H and O–H groups in total. The molecule has 0 bridgehead atoms. The van der Waals surface area contributed by atoms with E-state index >= 15 is 0 Å². The first kappa shape index (κ1) is 17.1. The first-order valence-electron chi connectivity index (χ1n) is 9.62. The van der Waals surface area contributed by atoms with Crippen molar-refractivity contribution in [2.75, 3.05) is 26.3 Å². The smallest absolute Gasteiger partial charge is 0.130 e. The fourth-order valence-corrected chi connectivity index (χ4v) is 5.96. The molecule has 6 unspecified atom stereocenters. The van der Waals surface area contributed by atoms with Crippen LogP contribution in [0.2, 0.25) is 0 Å². The van der Waals surface area contributed by atoms with Gasteiger partial charge in [0.15, 0.2) is 0 Å². The zero-order chi connectivity index (χ0) is 16.7. The predicted octanol–water partition coefficient (Wildman–Crippen LogP) is 1.76. The minimum atomic E-state index is -0.971. The number of amidine groups is 1. The topological polar surface area (TPSA) is 71.1 Å². The number of aliphatic hydroxyl groups is 1. The molecule has 6 heteroatoms. The fourth-order valence-electron chi connectivity index (χ4n) is 5.64. The molecule has 4 aliphatic rings. The number of nitrogens with two attached hydrogens (primary N) is 1. The van der Waals surface area contributed by atoms with Gasteiger partial charge in [-0.15, -0.1) is 11.6 Å². The molecule has 2 heterocycles. The van der Waals surface area contributed by atoms with Crippen LogP contribution in [0.15, 0.2) is 4.99 Å². The highest BCUT2D eigenvalue weighted by atomic mass is 35.5. The van der Waals surface area contributed by atoms with E-state index in [2.05, 4.69) is 4.90 Å². The van der Waals surface area contributed by atoms with Crippen LogP contribution in [0.25, 0.3) is 0 Å².